The normalized spacial score (nSPS) is 11.9. The Morgan fingerprint density at radius 1 is 1.18 bits per heavy atom. The van der Waals surface area contributed by atoms with E-state index in [0.29, 0.717) is 16.7 Å². The highest BCUT2D eigenvalue weighted by Crippen LogP contribution is 2.28. The van der Waals surface area contributed by atoms with Gasteiger partial charge in [0.15, 0.2) is 16.7 Å². The van der Waals surface area contributed by atoms with Crippen molar-refractivity contribution in [3.63, 3.8) is 0 Å². The average molecular weight is 486 g/mol. The van der Waals surface area contributed by atoms with Gasteiger partial charge in [0, 0.05) is 17.8 Å². The lowest BCUT2D eigenvalue weighted by molar-refractivity contribution is -0.119. The van der Waals surface area contributed by atoms with Gasteiger partial charge in [-0.1, -0.05) is 30.0 Å². The number of amides is 2. The molecule has 4 aromatic rings. The number of furan rings is 1. The fourth-order valence-electron chi connectivity index (χ4n) is 3.17. The van der Waals surface area contributed by atoms with Crippen LogP contribution < -0.4 is 11.1 Å². The minimum Gasteiger partial charge on any atom is -0.461 e. The molecule has 1 unspecified atom stereocenters. The van der Waals surface area contributed by atoms with E-state index in [1.54, 1.807) is 28.8 Å². The lowest BCUT2D eigenvalue weighted by atomic mass is 10.1. The van der Waals surface area contributed by atoms with E-state index in [4.69, 9.17) is 10.2 Å². The fourth-order valence-corrected chi connectivity index (χ4v) is 4.75. The number of nitrogens with zero attached hydrogens (tertiary/aromatic N) is 3. The number of hydrogen-bond donors (Lipinski definition) is 2. The third-order valence-electron chi connectivity index (χ3n) is 4.71. The van der Waals surface area contributed by atoms with Gasteiger partial charge in [-0.2, -0.15) is 0 Å². The highest BCUT2D eigenvalue weighted by atomic mass is 32.2. The molecule has 3 aromatic heterocycles. The summed E-state index contributed by atoms with van der Waals surface area (Å²) in [5.41, 5.74) is 6.09. The summed E-state index contributed by atoms with van der Waals surface area (Å²) in [6.45, 7) is 0.260. The van der Waals surface area contributed by atoms with Gasteiger partial charge in [0.1, 0.15) is 5.82 Å². The fraction of sp³-hybridized carbons (Fsp3) is 0.182. The molecule has 0 spiro atoms. The highest BCUT2D eigenvalue weighted by Gasteiger charge is 2.21. The molecular weight excluding hydrogens is 465 g/mol. The van der Waals surface area contributed by atoms with E-state index in [-0.39, 0.29) is 30.4 Å². The summed E-state index contributed by atoms with van der Waals surface area (Å²) >= 11 is 2.69. The summed E-state index contributed by atoms with van der Waals surface area (Å²) in [5.74, 6) is -0.0132. The van der Waals surface area contributed by atoms with E-state index in [1.807, 2.05) is 17.5 Å². The Bertz CT molecular complexity index is 1210. The molecule has 0 aliphatic carbocycles. The van der Waals surface area contributed by atoms with Crippen molar-refractivity contribution in [3.05, 3.63) is 76.4 Å². The first-order valence-electron chi connectivity index (χ1n) is 9.97. The monoisotopic (exact) mass is 485 g/mol. The lowest BCUT2D eigenvalue weighted by Gasteiger charge is -2.18. The maximum absolute atomic E-state index is 13.4. The van der Waals surface area contributed by atoms with Crippen molar-refractivity contribution in [2.45, 2.75) is 24.2 Å². The molecule has 3 N–H and O–H groups in total. The van der Waals surface area contributed by atoms with Gasteiger partial charge in [-0.15, -0.1) is 21.5 Å². The molecule has 0 saturated heterocycles. The third kappa shape index (κ3) is 5.68. The van der Waals surface area contributed by atoms with E-state index in [2.05, 4.69) is 15.5 Å². The van der Waals surface area contributed by atoms with Crippen LogP contribution in [0.2, 0.25) is 0 Å². The average Bonchev–Trinajstić information content (AvgIpc) is 3.57. The Hall–Kier alpha value is -3.44. The van der Waals surface area contributed by atoms with Gasteiger partial charge in [-0.3, -0.25) is 14.2 Å². The molecule has 8 nitrogen and oxygen atoms in total. The van der Waals surface area contributed by atoms with Crippen LogP contribution in [0.25, 0.3) is 11.6 Å². The number of thioether (sulfide) groups is 1. The molecule has 0 saturated carbocycles. The van der Waals surface area contributed by atoms with E-state index in [1.165, 1.54) is 41.5 Å². The van der Waals surface area contributed by atoms with Gasteiger partial charge in [0.25, 0.3) is 0 Å². The number of thiophene rings is 1. The summed E-state index contributed by atoms with van der Waals surface area (Å²) in [7, 11) is 0. The number of benzene rings is 1. The number of carbonyl (C=O) groups excluding carboxylic acids is 2. The summed E-state index contributed by atoms with van der Waals surface area (Å²) in [6, 6.07) is 12.9. The first-order valence-corrected chi connectivity index (χ1v) is 11.8. The number of carbonyl (C=O) groups is 2. The molecule has 0 fully saturated rings. The maximum atomic E-state index is 13.4. The van der Waals surface area contributed by atoms with E-state index >= 15 is 0 Å². The topological polar surface area (TPSA) is 116 Å². The highest BCUT2D eigenvalue weighted by molar-refractivity contribution is 7.99. The quantitative estimate of drug-likeness (QED) is 0.332. The Balaban J connectivity index is 1.48. The molecule has 170 valence electrons. The van der Waals surface area contributed by atoms with Gasteiger partial charge in [0.2, 0.25) is 11.8 Å². The SMILES string of the molecule is NC(=O)CCn1c(SCC(=O)NC(c2ccc(F)cc2)c2cccs2)nnc1-c1ccco1. The van der Waals surface area contributed by atoms with Crippen molar-refractivity contribution in [1.29, 1.82) is 0 Å². The zero-order chi connectivity index (χ0) is 23.2. The molecule has 11 heteroatoms. The molecule has 3 heterocycles. The molecule has 0 aliphatic rings. The minimum atomic E-state index is -0.458. The number of aromatic nitrogens is 3. The predicted octanol–water partition coefficient (Wildman–Crippen LogP) is 3.61. The molecule has 0 radical (unpaired) electrons. The van der Waals surface area contributed by atoms with Crippen LogP contribution in [0.1, 0.15) is 22.9 Å². The third-order valence-corrected chi connectivity index (χ3v) is 6.61. The Morgan fingerprint density at radius 3 is 2.67 bits per heavy atom. The van der Waals surface area contributed by atoms with Crippen LogP contribution in [0.5, 0.6) is 0 Å². The van der Waals surface area contributed by atoms with Gasteiger partial charge in [-0.25, -0.2) is 4.39 Å². The van der Waals surface area contributed by atoms with E-state index < -0.39 is 11.9 Å². The van der Waals surface area contributed by atoms with Gasteiger partial charge in [0.05, 0.1) is 18.1 Å². The van der Waals surface area contributed by atoms with Crippen molar-refractivity contribution in [2.75, 3.05) is 5.75 Å². The summed E-state index contributed by atoms with van der Waals surface area (Å²) in [6.07, 6.45) is 1.61. The summed E-state index contributed by atoms with van der Waals surface area (Å²) < 4.78 is 20.5. The summed E-state index contributed by atoms with van der Waals surface area (Å²) in [4.78, 5) is 25.1. The smallest absolute Gasteiger partial charge is 0.231 e. The van der Waals surface area contributed by atoms with Gasteiger partial charge in [-0.05, 0) is 41.3 Å². The molecule has 4 rings (SSSR count). The standard InChI is InChI=1S/C22H20FN5O3S2/c23-15-7-5-14(6-8-15)20(17-4-2-12-32-17)25-19(30)13-33-22-27-26-21(16-3-1-11-31-16)28(22)10-9-18(24)29/h1-8,11-12,20H,9-10,13H2,(H2,24,29)(H,25,30). The Morgan fingerprint density at radius 2 is 2.00 bits per heavy atom. The second-order valence-electron chi connectivity index (χ2n) is 7.01. The predicted molar refractivity (Wildman–Crippen MR) is 123 cm³/mol. The van der Waals surface area contributed by atoms with Crippen molar-refractivity contribution < 1.29 is 18.4 Å². The van der Waals surface area contributed by atoms with Crippen LogP contribution in [0.4, 0.5) is 4.39 Å². The van der Waals surface area contributed by atoms with Crippen molar-refractivity contribution in [3.8, 4) is 11.6 Å². The molecule has 1 aromatic carbocycles. The minimum absolute atomic E-state index is 0.0654. The second-order valence-corrected chi connectivity index (χ2v) is 8.93. The largest absolute Gasteiger partial charge is 0.461 e. The lowest BCUT2D eigenvalue weighted by Crippen LogP contribution is -2.30. The number of nitrogens with two attached hydrogens (primary N) is 1. The molecule has 2 amide bonds. The molecule has 33 heavy (non-hydrogen) atoms. The molecule has 1 atom stereocenters. The van der Waals surface area contributed by atoms with Gasteiger partial charge < -0.3 is 15.5 Å². The van der Waals surface area contributed by atoms with Crippen molar-refractivity contribution in [1.82, 2.24) is 20.1 Å². The zero-order valence-electron chi connectivity index (χ0n) is 17.3. The van der Waals surface area contributed by atoms with Crippen LogP contribution in [0, 0.1) is 5.82 Å². The first kappa shape index (κ1) is 22.7. The van der Waals surface area contributed by atoms with Crippen LogP contribution in [0.15, 0.2) is 69.7 Å². The van der Waals surface area contributed by atoms with Crippen LogP contribution in [0.3, 0.4) is 0 Å². The molecule has 0 bridgehead atoms. The van der Waals surface area contributed by atoms with Crippen LogP contribution in [-0.2, 0) is 16.1 Å². The molecule has 0 aliphatic heterocycles. The van der Waals surface area contributed by atoms with E-state index in [0.717, 1.165) is 10.4 Å². The van der Waals surface area contributed by atoms with Crippen molar-refractivity contribution >= 4 is 34.9 Å². The van der Waals surface area contributed by atoms with Crippen LogP contribution >= 0.6 is 23.1 Å². The number of hydrogen-bond acceptors (Lipinski definition) is 7. The first-order chi connectivity index (χ1) is 16.0. The van der Waals surface area contributed by atoms with Gasteiger partial charge >= 0.3 is 0 Å². The number of halogens is 1. The number of primary amides is 1. The summed E-state index contributed by atoms with van der Waals surface area (Å²) in [5, 5.41) is 13.7. The number of nitrogens with one attached hydrogen (secondary N) is 1. The molecular formula is C22H20FN5O3S2. The van der Waals surface area contributed by atoms with Crippen molar-refractivity contribution in [2.24, 2.45) is 5.73 Å². The number of rotatable bonds is 10. The Labute approximate surface area is 197 Å². The second kappa shape index (κ2) is 10.5. The van der Waals surface area contributed by atoms with E-state index in [9.17, 15) is 14.0 Å². The zero-order valence-corrected chi connectivity index (χ0v) is 18.9. The van der Waals surface area contributed by atoms with Crippen LogP contribution in [-0.4, -0.2) is 32.3 Å². The maximum Gasteiger partial charge on any atom is 0.231 e. The Kier molecular flexibility index (Phi) is 7.20.